The minimum Gasteiger partial charge on any atom is -0.508 e. The van der Waals surface area contributed by atoms with Gasteiger partial charge in [0, 0.05) is 11.8 Å². The maximum absolute atomic E-state index is 12.0. The molecule has 4 aromatic rings. The lowest BCUT2D eigenvalue weighted by molar-refractivity contribution is -0.116. The van der Waals surface area contributed by atoms with E-state index in [1.54, 1.807) is 12.1 Å². The molecule has 0 aliphatic heterocycles. The number of halogens is 1. The standard InChI is InChI=1S/C23H21N3O2.C3H9ISi/c1-2-6-22(28)24-23-20-13-18(15-7-4-3-5-8-15)19(14-21(20)25-26-23)16-9-11-17(27)12-10-16;1-5(2,3)4/h3-5,7-14,27H,2,6H2,1H3,(H2,24,25,26,28);1-3H3. The summed E-state index contributed by atoms with van der Waals surface area (Å²) in [5.74, 6) is 0.733. The van der Waals surface area contributed by atoms with Crippen LogP contribution in [-0.2, 0) is 4.79 Å². The van der Waals surface area contributed by atoms with Crippen LogP contribution < -0.4 is 5.32 Å². The molecule has 0 radical (unpaired) electrons. The number of phenolic OH excluding ortho intramolecular Hbond substituents is 1. The summed E-state index contributed by atoms with van der Waals surface area (Å²) in [5.41, 5.74) is 4.32. The normalized spacial score (nSPS) is 11.1. The number of hydrogen-bond acceptors (Lipinski definition) is 3. The van der Waals surface area contributed by atoms with Crippen molar-refractivity contribution in [2.75, 3.05) is 5.32 Å². The quantitative estimate of drug-likeness (QED) is 0.131. The maximum atomic E-state index is 12.0. The highest BCUT2D eigenvalue weighted by atomic mass is 127. The van der Waals surface area contributed by atoms with Gasteiger partial charge in [0.25, 0.3) is 0 Å². The number of aromatic hydroxyl groups is 1. The molecule has 0 aliphatic carbocycles. The lowest BCUT2D eigenvalue weighted by Crippen LogP contribution is -2.11. The van der Waals surface area contributed by atoms with Gasteiger partial charge in [-0.15, -0.1) is 21.8 Å². The summed E-state index contributed by atoms with van der Waals surface area (Å²) in [4.78, 5) is 12.0. The third kappa shape index (κ3) is 7.16. The second-order valence-corrected chi connectivity index (χ2v) is 22.6. The molecule has 0 unspecified atom stereocenters. The Hall–Kier alpha value is -2.65. The van der Waals surface area contributed by atoms with Crippen molar-refractivity contribution in [3.05, 3.63) is 66.7 Å². The van der Waals surface area contributed by atoms with Crippen LogP contribution >= 0.6 is 21.8 Å². The molecule has 5 nitrogen and oxygen atoms in total. The number of hydrogen-bond donors (Lipinski definition) is 3. The van der Waals surface area contributed by atoms with Gasteiger partial charge in [-0.3, -0.25) is 9.89 Å². The first kappa shape index (κ1) is 25.0. The topological polar surface area (TPSA) is 78.0 Å². The molecule has 0 saturated heterocycles. The van der Waals surface area contributed by atoms with E-state index in [-0.39, 0.29) is 11.7 Å². The van der Waals surface area contributed by atoms with E-state index in [1.165, 1.54) is 0 Å². The van der Waals surface area contributed by atoms with E-state index in [9.17, 15) is 9.90 Å². The van der Waals surface area contributed by atoms with Crippen LogP contribution in [-0.4, -0.2) is 26.8 Å². The molecule has 172 valence electrons. The number of benzene rings is 3. The number of fused-ring (bicyclic) bond motifs is 1. The Balaban J connectivity index is 0.000000555. The van der Waals surface area contributed by atoms with Crippen molar-refractivity contribution < 1.29 is 9.90 Å². The van der Waals surface area contributed by atoms with Crippen molar-refractivity contribution in [1.29, 1.82) is 0 Å². The van der Waals surface area contributed by atoms with Gasteiger partial charge in [0.1, 0.15) is 11.3 Å². The van der Waals surface area contributed by atoms with Gasteiger partial charge in [0.2, 0.25) is 5.91 Å². The van der Waals surface area contributed by atoms with Gasteiger partial charge in [0.15, 0.2) is 5.82 Å². The van der Waals surface area contributed by atoms with Crippen LogP contribution in [0, 0.1) is 0 Å². The molecular weight excluding hydrogens is 541 g/mol. The molecule has 1 aromatic heterocycles. The number of aromatic amines is 1. The number of H-pyrrole nitrogens is 1. The Kier molecular flexibility index (Phi) is 8.31. The van der Waals surface area contributed by atoms with Gasteiger partial charge in [-0.25, -0.2) is 0 Å². The van der Waals surface area contributed by atoms with Crippen molar-refractivity contribution in [2.24, 2.45) is 0 Å². The average Bonchev–Trinajstić information content (AvgIpc) is 3.15. The molecule has 7 heteroatoms. The number of rotatable bonds is 5. The van der Waals surface area contributed by atoms with Crippen molar-refractivity contribution in [3.63, 3.8) is 0 Å². The van der Waals surface area contributed by atoms with Gasteiger partial charge in [-0.05, 0) is 52.9 Å². The molecule has 0 bridgehead atoms. The highest BCUT2D eigenvalue weighted by molar-refractivity contribution is 14.1. The number of phenols is 1. The Labute approximate surface area is 208 Å². The van der Waals surface area contributed by atoms with E-state index in [0.717, 1.165) is 39.6 Å². The fourth-order valence-electron chi connectivity index (χ4n) is 3.32. The predicted molar refractivity (Wildman–Crippen MR) is 150 cm³/mol. The Bertz CT molecular complexity index is 1210. The molecule has 4 rings (SSSR count). The van der Waals surface area contributed by atoms with Crippen molar-refractivity contribution in [3.8, 4) is 28.0 Å². The molecule has 0 saturated carbocycles. The summed E-state index contributed by atoms with van der Waals surface area (Å²) in [6.07, 6.45) is 1.25. The second kappa shape index (κ2) is 11.0. The number of anilines is 1. The van der Waals surface area contributed by atoms with Crippen LogP contribution in [0.1, 0.15) is 19.8 Å². The van der Waals surface area contributed by atoms with Crippen molar-refractivity contribution >= 4 is 50.0 Å². The van der Waals surface area contributed by atoms with Crippen LogP contribution in [0.4, 0.5) is 5.82 Å². The molecule has 33 heavy (non-hydrogen) atoms. The smallest absolute Gasteiger partial charge is 0.225 e. The lowest BCUT2D eigenvalue weighted by atomic mass is 9.93. The first-order valence-corrected chi connectivity index (χ1v) is 17.6. The first-order chi connectivity index (χ1) is 15.7. The number of carbonyl (C=O) groups excluding carboxylic acids is 1. The molecule has 0 fully saturated rings. The third-order valence-corrected chi connectivity index (χ3v) is 4.70. The predicted octanol–water partition coefficient (Wildman–Crippen LogP) is 7.60. The number of nitrogens with zero attached hydrogens (tertiary/aromatic N) is 1. The fraction of sp³-hybridized carbons (Fsp3) is 0.231. The van der Waals surface area contributed by atoms with E-state index >= 15 is 0 Å². The Morgan fingerprint density at radius 2 is 1.58 bits per heavy atom. The van der Waals surface area contributed by atoms with E-state index < -0.39 is 5.57 Å². The van der Waals surface area contributed by atoms with Crippen molar-refractivity contribution in [1.82, 2.24) is 10.2 Å². The minimum atomic E-state index is -0.641. The first-order valence-electron chi connectivity index (χ1n) is 11.0. The van der Waals surface area contributed by atoms with Crippen LogP contribution in [0.5, 0.6) is 5.75 Å². The van der Waals surface area contributed by atoms with E-state index in [0.29, 0.717) is 12.2 Å². The third-order valence-electron chi connectivity index (χ3n) is 4.70. The largest absolute Gasteiger partial charge is 0.508 e. The summed E-state index contributed by atoms with van der Waals surface area (Å²) in [6, 6.07) is 21.3. The van der Waals surface area contributed by atoms with Crippen LogP contribution in [0.25, 0.3) is 33.2 Å². The zero-order chi connectivity index (χ0) is 24.0. The number of carbonyl (C=O) groups is 1. The number of nitrogens with one attached hydrogen (secondary N) is 2. The van der Waals surface area contributed by atoms with E-state index in [4.69, 9.17) is 0 Å². The maximum Gasteiger partial charge on any atom is 0.225 e. The molecule has 0 atom stereocenters. The van der Waals surface area contributed by atoms with Crippen LogP contribution in [0.2, 0.25) is 19.6 Å². The van der Waals surface area contributed by atoms with Crippen LogP contribution in [0.3, 0.4) is 0 Å². The fourth-order valence-corrected chi connectivity index (χ4v) is 3.32. The molecule has 1 heterocycles. The highest BCUT2D eigenvalue weighted by Crippen LogP contribution is 2.37. The molecule has 3 aromatic carbocycles. The molecule has 3 N–H and O–H groups in total. The van der Waals surface area contributed by atoms with Gasteiger partial charge in [0.05, 0.1) is 5.52 Å². The SMILES string of the molecule is CCCC(=O)Nc1n[nH]c2cc(-c3ccc(O)cc3)c(-c3ccccc3)cc12.C[Si](C)(C)I. The summed E-state index contributed by atoms with van der Waals surface area (Å²) >= 11 is 2.52. The number of aromatic nitrogens is 2. The second-order valence-electron chi connectivity index (χ2n) is 8.79. The monoisotopic (exact) mass is 571 g/mol. The molecule has 0 aliphatic rings. The molecular formula is C26H30IN3O2Si. The van der Waals surface area contributed by atoms with Crippen molar-refractivity contribution in [2.45, 2.75) is 39.4 Å². The van der Waals surface area contributed by atoms with Gasteiger partial charge in [-0.2, -0.15) is 5.10 Å². The van der Waals surface area contributed by atoms with Crippen LogP contribution in [0.15, 0.2) is 66.7 Å². The van der Waals surface area contributed by atoms with Gasteiger partial charge < -0.3 is 10.4 Å². The summed E-state index contributed by atoms with van der Waals surface area (Å²) < 4.78 is 0. The lowest BCUT2D eigenvalue weighted by Gasteiger charge is -2.12. The van der Waals surface area contributed by atoms with E-state index in [1.807, 2.05) is 43.3 Å². The molecule has 1 amide bonds. The van der Waals surface area contributed by atoms with E-state index in [2.05, 4.69) is 75.2 Å². The summed E-state index contributed by atoms with van der Waals surface area (Å²) in [5, 5.41) is 20.7. The zero-order valence-corrected chi connectivity index (χ0v) is 22.6. The Morgan fingerprint density at radius 1 is 1.00 bits per heavy atom. The van der Waals surface area contributed by atoms with Gasteiger partial charge in [-0.1, -0.05) is 69.0 Å². The Morgan fingerprint density at radius 3 is 2.18 bits per heavy atom. The average molecular weight is 572 g/mol. The molecule has 0 spiro atoms. The van der Waals surface area contributed by atoms with Gasteiger partial charge >= 0.3 is 0 Å². The zero-order valence-electron chi connectivity index (χ0n) is 19.4. The summed E-state index contributed by atoms with van der Waals surface area (Å²) in [7, 11) is 0. The highest BCUT2D eigenvalue weighted by Gasteiger charge is 2.15. The summed E-state index contributed by atoms with van der Waals surface area (Å²) in [6.45, 7) is 8.91. The number of amides is 1. The minimum absolute atomic E-state index is 0.0419.